The summed E-state index contributed by atoms with van der Waals surface area (Å²) in [4.78, 5) is 14.6. The van der Waals surface area contributed by atoms with E-state index in [2.05, 4.69) is 53.6 Å². The van der Waals surface area contributed by atoms with E-state index in [1.54, 1.807) is 0 Å². The summed E-state index contributed by atoms with van der Waals surface area (Å²) < 4.78 is 0. The number of hydrogen-bond acceptors (Lipinski definition) is 3. The first kappa shape index (κ1) is 17.0. The molecule has 1 aromatic carbocycles. The van der Waals surface area contributed by atoms with Crippen molar-refractivity contribution in [3.8, 4) is 0 Å². The van der Waals surface area contributed by atoms with Gasteiger partial charge >= 0.3 is 0 Å². The van der Waals surface area contributed by atoms with Gasteiger partial charge in [-0.25, -0.2) is 0 Å². The molecule has 0 spiro atoms. The average Bonchev–Trinajstić information content (AvgIpc) is 3.05. The maximum Gasteiger partial charge on any atom is 0.220 e. The fourth-order valence-electron chi connectivity index (χ4n) is 3.23. The van der Waals surface area contributed by atoms with Crippen LogP contribution < -0.4 is 10.6 Å². The highest BCUT2D eigenvalue weighted by atomic mass is 16.1. The molecule has 122 valence electrons. The zero-order valence-corrected chi connectivity index (χ0v) is 13.8. The highest BCUT2D eigenvalue weighted by Gasteiger charge is 2.21. The summed E-state index contributed by atoms with van der Waals surface area (Å²) in [6, 6.07) is 10.7. The molecule has 0 aliphatic carbocycles. The third kappa shape index (κ3) is 4.82. The van der Waals surface area contributed by atoms with Crippen LogP contribution in [-0.4, -0.2) is 43.5 Å². The second-order valence-corrected chi connectivity index (χ2v) is 6.01. The maximum absolute atomic E-state index is 12.2. The molecule has 22 heavy (non-hydrogen) atoms. The highest BCUT2D eigenvalue weighted by molar-refractivity contribution is 5.76. The van der Waals surface area contributed by atoms with Crippen molar-refractivity contribution >= 4 is 5.91 Å². The van der Waals surface area contributed by atoms with Crippen molar-refractivity contribution in [1.29, 1.82) is 0 Å². The largest absolute Gasteiger partial charge is 0.354 e. The van der Waals surface area contributed by atoms with Crippen LogP contribution in [0.3, 0.4) is 0 Å². The molecule has 2 unspecified atom stereocenters. The van der Waals surface area contributed by atoms with Gasteiger partial charge in [-0.15, -0.1) is 0 Å². The number of hydrogen-bond donors (Lipinski definition) is 2. The van der Waals surface area contributed by atoms with Crippen LogP contribution >= 0.6 is 0 Å². The first-order chi connectivity index (χ1) is 10.7. The lowest BCUT2D eigenvalue weighted by atomic mass is 10.0. The zero-order valence-electron chi connectivity index (χ0n) is 13.8. The quantitative estimate of drug-likeness (QED) is 0.774. The van der Waals surface area contributed by atoms with Crippen molar-refractivity contribution in [3.05, 3.63) is 35.9 Å². The van der Waals surface area contributed by atoms with Crippen molar-refractivity contribution in [1.82, 2.24) is 15.5 Å². The van der Waals surface area contributed by atoms with Gasteiger partial charge in [0.05, 0.1) is 6.04 Å². The van der Waals surface area contributed by atoms with Gasteiger partial charge in [-0.3, -0.25) is 9.69 Å². The molecule has 2 rings (SSSR count). The topological polar surface area (TPSA) is 44.4 Å². The number of nitrogens with zero attached hydrogens (tertiary/aromatic N) is 1. The van der Waals surface area contributed by atoms with Crippen molar-refractivity contribution in [2.24, 2.45) is 5.92 Å². The van der Waals surface area contributed by atoms with Gasteiger partial charge in [0.2, 0.25) is 5.91 Å². The van der Waals surface area contributed by atoms with E-state index in [-0.39, 0.29) is 11.9 Å². The predicted octanol–water partition coefficient (Wildman–Crippen LogP) is 2.19. The lowest BCUT2D eigenvalue weighted by Crippen LogP contribution is -2.38. The van der Waals surface area contributed by atoms with E-state index in [9.17, 15) is 4.79 Å². The predicted molar refractivity (Wildman–Crippen MR) is 90.7 cm³/mol. The van der Waals surface area contributed by atoms with E-state index in [4.69, 9.17) is 0 Å². The number of carbonyl (C=O) groups is 1. The van der Waals surface area contributed by atoms with Crippen molar-refractivity contribution in [2.75, 3.05) is 32.7 Å². The molecule has 0 radical (unpaired) electrons. The van der Waals surface area contributed by atoms with E-state index >= 15 is 0 Å². The minimum atomic E-state index is 0.182. The molecule has 1 aliphatic rings. The van der Waals surface area contributed by atoms with Gasteiger partial charge in [-0.1, -0.05) is 44.2 Å². The summed E-state index contributed by atoms with van der Waals surface area (Å²) in [6.07, 6.45) is 1.76. The van der Waals surface area contributed by atoms with Crippen LogP contribution in [0.2, 0.25) is 0 Å². The summed E-state index contributed by atoms with van der Waals surface area (Å²) >= 11 is 0. The Kier molecular flexibility index (Phi) is 6.87. The Morgan fingerprint density at radius 1 is 1.32 bits per heavy atom. The van der Waals surface area contributed by atoms with E-state index in [0.29, 0.717) is 18.9 Å². The van der Waals surface area contributed by atoms with E-state index in [1.807, 2.05) is 6.07 Å². The van der Waals surface area contributed by atoms with Gasteiger partial charge in [0.1, 0.15) is 0 Å². The van der Waals surface area contributed by atoms with Crippen molar-refractivity contribution in [2.45, 2.75) is 32.7 Å². The number of rotatable bonds is 8. The second-order valence-electron chi connectivity index (χ2n) is 6.01. The van der Waals surface area contributed by atoms with Crippen molar-refractivity contribution in [3.63, 3.8) is 0 Å². The monoisotopic (exact) mass is 303 g/mol. The Morgan fingerprint density at radius 3 is 2.64 bits per heavy atom. The third-order valence-electron chi connectivity index (χ3n) is 4.57. The minimum Gasteiger partial charge on any atom is -0.354 e. The molecule has 4 heteroatoms. The molecule has 0 aromatic heterocycles. The molecule has 2 atom stereocenters. The molecule has 0 saturated carbocycles. The standard InChI is InChI=1S/C18H29N3O/c1-3-21(4-2)17(16-8-6-5-7-9-16)14-20-18(22)12-15-10-11-19-13-15/h5-9,15,17,19H,3-4,10-14H2,1-2H3,(H,20,22). The van der Waals surface area contributed by atoms with Gasteiger partial charge in [0.15, 0.2) is 0 Å². The molecule has 1 saturated heterocycles. The van der Waals surface area contributed by atoms with Crippen LogP contribution in [0.25, 0.3) is 0 Å². The van der Waals surface area contributed by atoms with Gasteiger partial charge in [-0.05, 0) is 44.1 Å². The molecule has 1 aromatic rings. The van der Waals surface area contributed by atoms with Crippen LogP contribution in [0, 0.1) is 5.92 Å². The van der Waals surface area contributed by atoms with Crippen LogP contribution in [-0.2, 0) is 4.79 Å². The Hall–Kier alpha value is -1.39. The van der Waals surface area contributed by atoms with Crippen LogP contribution in [0.15, 0.2) is 30.3 Å². The summed E-state index contributed by atoms with van der Waals surface area (Å²) in [7, 11) is 0. The summed E-state index contributed by atoms with van der Waals surface area (Å²) in [5, 5.41) is 6.47. The summed E-state index contributed by atoms with van der Waals surface area (Å²) in [6.45, 7) is 9.02. The molecule has 1 aliphatic heterocycles. The zero-order chi connectivity index (χ0) is 15.8. The molecule has 0 bridgehead atoms. The van der Waals surface area contributed by atoms with E-state index < -0.39 is 0 Å². The highest BCUT2D eigenvalue weighted by Crippen LogP contribution is 2.20. The average molecular weight is 303 g/mol. The van der Waals surface area contributed by atoms with Crippen LogP contribution in [0.4, 0.5) is 0 Å². The molecular formula is C18H29N3O. The SMILES string of the molecule is CCN(CC)C(CNC(=O)CC1CCNC1)c1ccccc1. The first-order valence-corrected chi connectivity index (χ1v) is 8.51. The third-order valence-corrected chi connectivity index (χ3v) is 4.57. The van der Waals surface area contributed by atoms with Crippen molar-refractivity contribution < 1.29 is 4.79 Å². The van der Waals surface area contributed by atoms with Crippen LogP contribution in [0.1, 0.15) is 38.3 Å². The molecule has 1 heterocycles. The van der Waals surface area contributed by atoms with Gasteiger partial charge in [0.25, 0.3) is 0 Å². The first-order valence-electron chi connectivity index (χ1n) is 8.51. The molecule has 2 N–H and O–H groups in total. The van der Waals surface area contributed by atoms with Crippen LogP contribution in [0.5, 0.6) is 0 Å². The lowest BCUT2D eigenvalue weighted by molar-refractivity contribution is -0.122. The van der Waals surface area contributed by atoms with E-state index in [0.717, 1.165) is 32.6 Å². The molecule has 1 fully saturated rings. The summed E-state index contributed by atoms with van der Waals surface area (Å²) in [5.41, 5.74) is 1.27. The smallest absolute Gasteiger partial charge is 0.220 e. The Bertz CT molecular complexity index is 439. The summed E-state index contributed by atoms with van der Waals surface area (Å²) in [5.74, 6) is 0.686. The number of amides is 1. The van der Waals surface area contributed by atoms with Gasteiger partial charge in [0, 0.05) is 13.0 Å². The maximum atomic E-state index is 12.2. The minimum absolute atomic E-state index is 0.182. The Balaban J connectivity index is 1.92. The fraction of sp³-hybridized carbons (Fsp3) is 0.611. The molecule has 4 nitrogen and oxygen atoms in total. The van der Waals surface area contributed by atoms with Gasteiger partial charge in [-0.2, -0.15) is 0 Å². The second kappa shape index (κ2) is 8.91. The molecule has 1 amide bonds. The Morgan fingerprint density at radius 2 is 2.05 bits per heavy atom. The molecular weight excluding hydrogens is 274 g/mol. The number of carbonyl (C=O) groups excluding carboxylic acids is 1. The lowest BCUT2D eigenvalue weighted by Gasteiger charge is -2.30. The Labute approximate surface area is 134 Å². The van der Waals surface area contributed by atoms with E-state index in [1.165, 1.54) is 5.56 Å². The van der Waals surface area contributed by atoms with Gasteiger partial charge < -0.3 is 10.6 Å². The number of benzene rings is 1. The number of likely N-dealkylation sites (N-methyl/N-ethyl adjacent to an activating group) is 1. The number of nitrogens with one attached hydrogen (secondary N) is 2. The fourth-order valence-corrected chi connectivity index (χ4v) is 3.23. The normalized spacial score (nSPS) is 19.3.